The van der Waals surface area contributed by atoms with E-state index in [1.165, 1.54) is 50.7 Å². The molecule has 1 aliphatic carbocycles. The van der Waals surface area contributed by atoms with Crippen molar-refractivity contribution in [3.63, 3.8) is 0 Å². The number of ether oxygens (including phenoxy) is 1. The Morgan fingerprint density at radius 3 is 2.61 bits per heavy atom. The summed E-state index contributed by atoms with van der Waals surface area (Å²) in [6.07, 6.45) is 9.84. The van der Waals surface area contributed by atoms with Crippen LogP contribution in [0.2, 0.25) is 0 Å². The van der Waals surface area contributed by atoms with E-state index >= 15 is 0 Å². The van der Waals surface area contributed by atoms with Crippen LogP contribution in [-0.4, -0.2) is 35.8 Å². The number of rotatable bonds is 1. The summed E-state index contributed by atoms with van der Waals surface area (Å²) in [6.45, 7) is 4.35. The molecule has 18 heavy (non-hydrogen) atoms. The second-order valence-corrected chi connectivity index (χ2v) is 7.70. The Hall–Kier alpha value is 0.270. The highest BCUT2D eigenvalue weighted by Gasteiger charge is 2.51. The van der Waals surface area contributed by atoms with E-state index in [2.05, 4.69) is 24.0 Å². The van der Waals surface area contributed by atoms with Crippen molar-refractivity contribution < 1.29 is 4.74 Å². The molecule has 0 aromatic rings. The molecule has 2 aliphatic heterocycles. The Kier molecular flexibility index (Phi) is 4.21. The van der Waals surface area contributed by atoms with Gasteiger partial charge in [-0.1, -0.05) is 32.6 Å². The lowest BCUT2D eigenvalue weighted by molar-refractivity contribution is -0.108. The molecule has 3 unspecified atom stereocenters. The highest BCUT2D eigenvalue weighted by molar-refractivity contribution is 8.00. The van der Waals surface area contributed by atoms with Crippen molar-refractivity contribution in [1.82, 2.24) is 5.32 Å². The number of hydrogen-bond donors (Lipinski definition) is 1. The van der Waals surface area contributed by atoms with Crippen molar-refractivity contribution in [1.29, 1.82) is 0 Å². The zero-order valence-electron chi connectivity index (χ0n) is 11.6. The maximum atomic E-state index is 6.36. The molecule has 1 spiro atoms. The molecule has 3 rings (SSSR count). The summed E-state index contributed by atoms with van der Waals surface area (Å²) >= 11 is 2.11. The van der Waals surface area contributed by atoms with E-state index in [0.717, 1.165) is 19.1 Å². The topological polar surface area (TPSA) is 21.3 Å². The van der Waals surface area contributed by atoms with Gasteiger partial charge in [0.25, 0.3) is 0 Å². The minimum atomic E-state index is 0.151. The van der Waals surface area contributed by atoms with Gasteiger partial charge in [0.1, 0.15) is 0 Å². The van der Waals surface area contributed by atoms with Crippen molar-refractivity contribution in [2.24, 2.45) is 5.92 Å². The normalized spacial score (nSPS) is 43.2. The smallest absolute Gasteiger partial charge is 0.0960 e. The van der Waals surface area contributed by atoms with E-state index in [0.29, 0.717) is 11.3 Å². The average Bonchev–Trinajstić information content (AvgIpc) is 2.63. The zero-order valence-corrected chi connectivity index (χ0v) is 12.4. The summed E-state index contributed by atoms with van der Waals surface area (Å²) in [5.41, 5.74) is 0.151. The molecule has 2 saturated heterocycles. The molecule has 1 N–H and O–H groups in total. The van der Waals surface area contributed by atoms with Gasteiger partial charge in [-0.05, 0) is 30.9 Å². The van der Waals surface area contributed by atoms with Crippen molar-refractivity contribution in [3.8, 4) is 0 Å². The SMILES string of the molecule is CC1SCCC12OCCNC2C1CCCCCC1. The van der Waals surface area contributed by atoms with Gasteiger partial charge in [0.2, 0.25) is 0 Å². The minimum Gasteiger partial charge on any atom is -0.371 e. The summed E-state index contributed by atoms with van der Waals surface area (Å²) < 4.78 is 6.36. The third kappa shape index (κ3) is 2.34. The van der Waals surface area contributed by atoms with Crippen LogP contribution >= 0.6 is 11.8 Å². The standard InChI is InChI=1S/C15H27NOS/c1-12-15(8-11-18-12)14(16-9-10-17-15)13-6-4-2-3-5-7-13/h12-14,16H,2-11H2,1H3. The van der Waals surface area contributed by atoms with Gasteiger partial charge in [-0.2, -0.15) is 11.8 Å². The van der Waals surface area contributed by atoms with Crippen LogP contribution < -0.4 is 5.32 Å². The van der Waals surface area contributed by atoms with Crippen LogP contribution in [0.1, 0.15) is 51.9 Å². The Balaban J connectivity index is 1.78. The summed E-state index contributed by atoms with van der Waals surface area (Å²) in [4.78, 5) is 0. The minimum absolute atomic E-state index is 0.151. The van der Waals surface area contributed by atoms with Crippen molar-refractivity contribution in [2.75, 3.05) is 18.9 Å². The lowest BCUT2D eigenvalue weighted by atomic mass is 9.76. The van der Waals surface area contributed by atoms with Gasteiger partial charge >= 0.3 is 0 Å². The quantitative estimate of drug-likeness (QED) is 0.739. The maximum Gasteiger partial charge on any atom is 0.0960 e. The number of thioether (sulfide) groups is 1. The molecule has 0 bridgehead atoms. The van der Waals surface area contributed by atoms with Crippen LogP contribution in [0.3, 0.4) is 0 Å². The van der Waals surface area contributed by atoms with Crippen molar-refractivity contribution >= 4 is 11.8 Å². The summed E-state index contributed by atoms with van der Waals surface area (Å²) in [7, 11) is 0. The molecular weight excluding hydrogens is 242 g/mol. The fraction of sp³-hybridized carbons (Fsp3) is 1.00. The molecule has 3 atom stereocenters. The molecule has 0 radical (unpaired) electrons. The third-order valence-corrected chi connectivity index (χ3v) is 6.62. The lowest BCUT2D eigenvalue weighted by Crippen LogP contribution is -2.63. The summed E-state index contributed by atoms with van der Waals surface area (Å²) in [5.74, 6) is 2.14. The predicted octanol–water partition coefficient (Wildman–Crippen LogP) is 3.21. The fourth-order valence-electron chi connectivity index (χ4n) is 4.27. The largest absolute Gasteiger partial charge is 0.371 e. The van der Waals surface area contributed by atoms with Gasteiger partial charge in [0, 0.05) is 17.8 Å². The van der Waals surface area contributed by atoms with E-state index in [1.807, 2.05) is 0 Å². The van der Waals surface area contributed by atoms with E-state index in [4.69, 9.17) is 4.74 Å². The third-order valence-electron chi connectivity index (χ3n) is 5.28. The molecule has 3 aliphatic rings. The van der Waals surface area contributed by atoms with E-state index in [9.17, 15) is 0 Å². The van der Waals surface area contributed by atoms with E-state index in [1.54, 1.807) is 0 Å². The fourth-order valence-corrected chi connectivity index (χ4v) is 5.67. The van der Waals surface area contributed by atoms with Crippen molar-refractivity contribution in [2.45, 2.75) is 68.8 Å². The molecule has 0 amide bonds. The van der Waals surface area contributed by atoms with Gasteiger partial charge in [0.05, 0.1) is 12.2 Å². The van der Waals surface area contributed by atoms with Gasteiger partial charge < -0.3 is 10.1 Å². The molecule has 3 fully saturated rings. The van der Waals surface area contributed by atoms with Gasteiger partial charge in [0.15, 0.2) is 0 Å². The monoisotopic (exact) mass is 269 g/mol. The molecule has 2 nitrogen and oxygen atoms in total. The first-order valence-electron chi connectivity index (χ1n) is 7.82. The second kappa shape index (κ2) is 5.72. The van der Waals surface area contributed by atoms with Crippen LogP contribution in [0.25, 0.3) is 0 Å². The summed E-state index contributed by atoms with van der Waals surface area (Å²) in [6, 6.07) is 0.620. The molecule has 2 heterocycles. The predicted molar refractivity (Wildman–Crippen MR) is 78.2 cm³/mol. The number of hydrogen-bond acceptors (Lipinski definition) is 3. The van der Waals surface area contributed by atoms with Crippen molar-refractivity contribution in [3.05, 3.63) is 0 Å². The van der Waals surface area contributed by atoms with Gasteiger partial charge in [-0.25, -0.2) is 0 Å². The van der Waals surface area contributed by atoms with Gasteiger partial charge in [-0.3, -0.25) is 0 Å². The number of morpholine rings is 1. The lowest BCUT2D eigenvalue weighted by Gasteiger charge is -2.48. The zero-order chi connectivity index (χ0) is 12.4. The Labute approximate surface area is 116 Å². The Morgan fingerprint density at radius 1 is 1.17 bits per heavy atom. The molecule has 104 valence electrons. The highest BCUT2D eigenvalue weighted by atomic mass is 32.2. The van der Waals surface area contributed by atoms with Gasteiger partial charge in [-0.15, -0.1) is 0 Å². The molecule has 3 heteroatoms. The Bertz CT molecular complexity index is 278. The first-order chi connectivity index (χ1) is 8.83. The summed E-state index contributed by atoms with van der Waals surface area (Å²) in [5, 5.41) is 4.51. The molecular formula is C15H27NOS. The maximum absolute atomic E-state index is 6.36. The second-order valence-electron chi connectivity index (χ2n) is 6.25. The number of nitrogens with one attached hydrogen (secondary N) is 1. The average molecular weight is 269 g/mol. The first kappa shape index (κ1) is 13.3. The van der Waals surface area contributed by atoms with Crippen LogP contribution in [0.15, 0.2) is 0 Å². The highest BCUT2D eigenvalue weighted by Crippen LogP contribution is 2.46. The van der Waals surface area contributed by atoms with E-state index < -0.39 is 0 Å². The molecule has 0 aromatic carbocycles. The molecule has 1 saturated carbocycles. The van der Waals surface area contributed by atoms with Crippen LogP contribution in [0.5, 0.6) is 0 Å². The molecule has 0 aromatic heterocycles. The van der Waals surface area contributed by atoms with E-state index in [-0.39, 0.29) is 5.60 Å². The van der Waals surface area contributed by atoms with Crippen LogP contribution in [0, 0.1) is 5.92 Å². The van der Waals surface area contributed by atoms with Crippen LogP contribution in [0.4, 0.5) is 0 Å². The Morgan fingerprint density at radius 2 is 1.94 bits per heavy atom. The van der Waals surface area contributed by atoms with Crippen LogP contribution in [-0.2, 0) is 4.74 Å². The first-order valence-corrected chi connectivity index (χ1v) is 8.87.